The quantitative estimate of drug-likeness (QED) is 0.347. The number of rotatable bonds is 8. The second kappa shape index (κ2) is 9.62. The maximum atomic E-state index is 12.5. The number of amides is 1. The molecule has 0 spiro atoms. The van der Waals surface area contributed by atoms with Crippen molar-refractivity contribution in [3.8, 4) is 5.75 Å². The molecule has 0 saturated heterocycles. The molecule has 2 aromatic rings. The zero-order valence-electron chi connectivity index (χ0n) is 15.3. The van der Waals surface area contributed by atoms with Gasteiger partial charge < -0.3 is 10.1 Å². The Morgan fingerprint density at radius 3 is 2.63 bits per heavy atom. The lowest BCUT2D eigenvalue weighted by Crippen LogP contribution is -2.12. The van der Waals surface area contributed by atoms with Crippen LogP contribution in [-0.4, -0.2) is 23.7 Å². The van der Waals surface area contributed by atoms with E-state index >= 15 is 0 Å². The minimum atomic E-state index is -0.460. The molecule has 0 unspecified atom stereocenters. The minimum absolute atomic E-state index is 0.0656. The van der Waals surface area contributed by atoms with Crippen LogP contribution < -0.4 is 10.1 Å². The Kier molecular flexibility index (Phi) is 7.50. The number of ether oxygens (including phenoxy) is 1. The van der Waals surface area contributed by atoms with Crippen LogP contribution in [0.3, 0.4) is 0 Å². The highest BCUT2D eigenvalue weighted by Gasteiger charge is 2.18. The van der Waals surface area contributed by atoms with E-state index in [1.807, 2.05) is 0 Å². The molecular weight excluding hydrogens is 388 g/mol. The SMILES string of the molecule is COc1ccc(NC(=O)c2ccc(SCCC(C)C)c([N+](=O)[O-])c2)cc1Cl. The lowest BCUT2D eigenvalue weighted by Gasteiger charge is -2.09. The Morgan fingerprint density at radius 1 is 1.30 bits per heavy atom. The molecule has 0 fully saturated rings. The number of anilines is 1. The third-order valence-corrected chi connectivity index (χ3v) is 5.17. The van der Waals surface area contributed by atoms with Gasteiger partial charge in [0.25, 0.3) is 11.6 Å². The van der Waals surface area contributed by atoms with Gasteiger partial charge in [-0.2, -0.15) is 0 Å². The number of carbonyl (C=O) groups excluding carboxylic acids is 1. The molecular formula is C19H21ClN2O4S. The topological polar surface area (TPSA) is 81.5 Å². The molecule has 0 bridgehead atoms. The highest BCUT2D eigenvalue weighted by Crippen LogP contribution is 2.32. The van der Waals surface area contributed by atoms with Crippen molar-refractivity contribution < 1.29 is 14.5 Å². The predicted molar refractivity (Wildman–Crippen MR) is 109 cm³/mol. The molecule has 0 heterocycles. The summed E-state index contributed by atoms with van der Waals surface area (Å²) in [7, 11) is 1.50. The number of hydrogen-bond donors (Lipinski definition) is 1. The zero-order chi connectivity index (χ0) is 20.0. The van der Waals surface area contributed by atoms with Gasteiger partial charge in [-0.25, -0.2) is 0 Å². The van der Waals surface area contributed by atoms with E-state index in [4.69, 9.17) is 16.3 Å². The predicted octanol–water partition coefficient (Wildman–Crippen LogP) is 5.65. The van der Waals surface area contributed by atoms with E-state index in [1.165, 1.54) is 24.9 Å². The minimum Gasteiger partial charge on any atom is -0.495 e. The number of thioether (sulfide) groups is 1. The van der Waals surface area contributed by atoms with Crippen molar-refractivity contribution in [2.45, 2.75) is 25.2 Å². The lowest BCUT2D eigenvalue weighted by atomic mass is 10.2. The molecule has 0 radical (unpaired) electrons. The summed E-state index contributed by atoms with van der Waals surface area (Å²) in [6.07, 6.45) is 0.961. The van der Waals surface area contributed by atoms with Gasteiger partial charge in [0.2, 0.25) is 0 Å². The molecule has 2 rings (SSSR count). The molecule has 1 amide bonds. The normalized spacial score (nSPS) is 10.7. The summed E-state index contributed by atoms with van der Waals surface area (Å²) in [5, 5.41) is 14.4. The molecule has 0 aliphatic heterocycles. The molecule has 27 heavy (non-hydrogen) atoms. The van der Waals surface area contributed by atoms with Crippen molar-refractivity contribution >= 4 is 40.6 Å². The summed E-state index contributed by atoms with van der Waals surface area (Å²) in [5.74, 6) is 1.36. The smallest absolute Gasteiger partial charge is 0.283 e. The molecule has 2 aromatic carbocycles. The average Bonchev–Trinajstić information content (AvgIpc) is 2.61. The van der Waals surface area contributed by atoms with Crippen LogP contribution in [0, 0.1) is 16.0 Å². The van der Waals surface area contributed by atoms with Crippen LogP contribution in [-0.2, 0) is 0 Å². The maximum absolute atomic E-state index is 12.5. The van der Waals surface area contributed by atoms with Crippen molar-refractivity contribution in [2.75, 3.05) is 18.2 Å². The summed E-state index contributed by atoms with van der Waals surface area (Å²) < 4.78 is 5.07. The number of hydrogen-bond acceptors (Lipinski definition) is 5. The number of nitro benzene ring substituents is 1. The fraction of sp³-hybridized carbons (Fsp3) is 0.316. The van der Waals surface area contributed by atoms with Crippen LogP contribution in [0.2, 0.25) is 5.02 Å². The molecule has 0 aliphatic carbocycles. The highest BCUT2D eigenvalue weighted by molar-refractivity contribution is 7.99. The Bertz CT molecular complexity index is 842. The number of methoxy groups -OCH3 is 1. The zero-order valence-corrected chi connectivity index (χ0v) is 16.9. The van der Waals surface area contributed by atoms with Crippen LogP contribution in [0.4, 0.5) is 11.4 Å². The summed E-state index contributed by atoms with van der Waals surface area (Å²) in [6, 6.07) is 9.35. The van der Waals surface area contributed by atoms with Crippen molar-refractivity contribution in [3.05, 3.63) is 57.1 Å². The standard InChI is InChI=1S/C19H21ClN2O4S/c1-12(2)8-9-27-18-7-4-13(10-16(18)22(24)25)19(23)21-14-5-6-17(26-3)15(20)11-14/h4-7,10-12H,8-9H2,1-3H3,(H,21,23). The first-order chi connectivity index (χ1) is 12.8. The Hall–Kier alpha value is -2.25. The van der Waals surface area contributed by atoms with Crippen molar-refractivity contribution in [1.82, 2.24) is 0 Å². The first-order valence-electron chi connectivity index (χ1n) is 8.38. The van der Waals surface area contributed by atoms with Gasteiger partial charge in [0.05, 0.1) is 22.0 Å². The van der Waals surface area contributed by atoms with E-state index in [0.29, 0.717) is 27.3 Å². The molecule has 8 heteroatoms. The van der Waals surface area contributed by atoms with E-state index in [1.54, 1.807) is 30.3 Å². The average molecular weight is 409 g/mol. The molecule has 0 aromatic heterocycles. The Labute approximate surface area is 167 Å². The number of nitro groups is 1. The second-order valence-corrected chi connectivity index (χ2v) is 7.82. The van der Waals surface area contributed by atoms with Crippen molar-refractivity contribution in [2.24, 2.45) is 5.92 Å². The number of benzene rings is 2. The number of nitrogens with zero attached hydrogens (tertiary/aromatic N) is 1. The third kappa shape index (κ3) is 5.87. The Morgan fingerprint density at radius 2 is 2.04 bits per heavy atom. The molecule has 0 saturated carbocycles. The molecule has 144 valence electrons. The van der Waals surface area contributed by atoms with Crippen molar-refractivity contribution in [1.29, 1.82) is 0 Å². The van der Waals surface area contributed by atoms with Gasteiger partial charge in [0.1, 0.15) is 5.75 Å². The van der Waals surface area contributed by atoms with Gasteiger partial charge in [-0.15, -0.1) is 11.8 Å². The van der Waals surface area contributed by atoms with Crippen LogP contribution in [0.5, 0.6) is 5.75 Å². The first kappa shape index (κ1) is 21.1. The molecule has 6 nitrogen and oxygen atoms in total. The monoisotopic (exact) mass is 408 g/mol. The van der Waals surface area contributed by atoms with Crippen LogP contribution in [0.15, 0.2) is 41.3 Å². The van der Waals surface area contributed by atoms with Crippen LogP contribution >= 0.6 is 23.4 Å². The largest absolute Gasteiger partial charge is 0.495 e. The van der Waals surface area contributed by atoms with Gasteiger partial charge in [-0.1, -0.05) is 25.4 Å². The maximum Gasteiger partial charge on any atom is 0.283 e. The summed E-state index contributed by atoms with van der Waals surface area (Å²) in [6.45, 7) is 4.21. The highest BCUT2D eigenvalue weighted by atomic mass is 35.5. The fourth-order valence-corrected chi connectivity index (χ4v) is 3.79. The summed E-state index contributed by atoms with van der Waals surface area (Å²) in [5.41, 5.74) is 0.620. The van der Waals surface area contributed by atoms with Gasteiger partial charge in [-0.05, 0) is 48.4 Å². The number of carbonyl (C=O) groups is 1. The van der Waals surface area contributed by atoms with E-state index in [0.717, 1.165) is 12.2 Å². The number of halogens is 1. The second-order valence-electron chi connectivity index (χ2n) is 6.27. The van der Waals surface area contributed by atoms with Gasteiger partial charge >= 0.3 is 0 Å². The number of nitrogens with one attached hydrogen (secondary N) is 1. The molecule has 0 aliphatic rings. The van der Waals surface area contributed by atoms with Crippen molar-refractivity contribution in [3.63, 3.8) is 0 Å². The molecule has 0 atom stereocenters. The third-order valence-electron chi connectivity index (χ3n) is 3.78. The van der Waals surface area contributed by atoms with Crippen LogP contribution in [0.1, 0.15) is 30.6 Å². The lowest BCUT2D eigenvalue weighted by molar-refractivity contribution is -0.387. The van der Waals surface area contributed by atoms with E-state index in [2.05, 4.69) is 19.2 Å². The van der Waals surface area contributed by atoms with E-state index in [9.17, 15) is 14.9 Å². The van der Waals surface area contributed by atoms with Gasteiger partial charge in [0, 0.05) is 17.3 Å². The van der Waals surface area contributed by atoms with Gasteiger partial charge in [-0.3, -0.25) is 14.9 Å². The fourth-order valence-electron chi connectivity index (χ4n) is 2.28. The summed E-state index contributed by atoms with van der Waals surface area (Å²) >= 11 is 7.48. The van der Waals surface area contributed by atoms with Crippen LogP contribution in [0.25, 0.3) is 0 Å². The van der Waals surface area contributed by atoms with E-state index in [-0.39, 0.29) is 11.3 Å². The molecule has 1 N–H and O–H groups in total. The first-order valence-corrected chi connectivity index (χ1v) is 9.74. The van der Waals surface area contributed by atoms with E-state index < -0.39 is 10.8 Å². The Balaban J connectivity index is 2.17. The summed E-state index contributed by atoms with van der Waals surface area (Å²) in [4.78, 5) is 24.0. The van der Waals surface area contributed by atoms with Gasteiger partial charge in [0.15, 0.2) is 0 Å².